The largest absolute Gasteiger partial charge is 0.435 e. The summed E-state index contributed by atoms with van der Waals surface area (Å²) in [5.41, 5.74) is -1.41. The molecule has 6 nitrogen and oxygen atoms in total. The Kier molecular flexibility index (Phi) is 5.14. The molecule has 1 aliphatic heterocycles. The monoisotopic (exact) mass is 412 g/mol. The van der Waals surface area contributed by atoms with Gasteiger partial charge in [-0.2, -0.15) is 22.8 Å². The van der Waals surface area contributed by atoms with E-state index in [9.17, 15) is 26.7 Å². The molecule has 2 aromatic rings. The summed E-state index contributed by atoms with van der Waals surface area (Å²) in [5.74, 6) is -3.99. The highest BCUT2D eigenvalue weighted by molar-refractivity contribution is 7.16. The van der Waals surface area contributed by atoms with Crippen molar-refractivity contribution in [1.29, 1.82) is 0 Å². The molecule has 12 heteroatoms. The Balaban J connectivity index is 1.86. The van der Waals surface area contributed by atoms with Gasteiger partial charge in [0.15, 0.2) is 5.69 Å². The highest BCUT2D eigenvalue weighted by Crippen LogP contribution is 2.36. The molecule has 0 aliphatic carbocycles. The number of aromatic nitrogens is 3. The number of alkyl halides is 5. The van der Waals surface area contributed by atoms with Crippen molar-refractivity contribution in [1.82, 2.24) is 19.5 Å². The molecular formula is C15H17F5N4O2S. The molecule has 0 N–H and O–H groups in total. The molecule has 1 aliphatic rings. The third kappa shape index (κ3) is 4.37. The van der Waals surface area contributed by atoms with Gasteiger partial charge in [-0.05, 0) is 12.8 Å². The Bertz CT molecular complexity index is 842. The van der Waals surface area contributed by atoms with E-state index in [4.69, 9.17) is 4.74 Å². The van der Waals surface area contributed by atoms with Crippen molar-refractivity contribution in [3.05, 3.63) is 16.4 Å². The highest BCUT2D eigenvalue weighted by atomic mass is 32.1. The summed E-state index contributed by atoms with van der Waals surface area (Å²) in [6, 6.07) is 0. The predicted octanol–water partition coefficient (Wildman–Crippen LogP) is 3.35. The number of hydrogen-bond donors (Lipinski definition) is 0. The van der Waals surface area contributed by atoms with Gasteiger partial charge in [-0.25, -0.2) is 13.8 Å². The number of ether oxygens (including phenoxy) is 1. The van der Waals surface area contributed by atoms with Crippen molar-refractivity contribution in [3.63, 3.8) is 0 Å². The van der Waals surface area contributed by atoms with Gasteiger partial charge in [-0.3, -0.25) is 4.79 Å². The molecule has 27 heavy (non-hydrogen) atoms. The maximum Gasteiger partial charge on any atom is 0.435 e. The fraction of sp³-hybridized carbons (Fsp3) is 0.667. The summed E-state index contributed by atoms with van der Waals surface area (Å²) in [4.78, 5) is 17.2. The van der Waals surface area contributed by atoms with Gasteiger partial charge >= 0.3 is 6.18 Å². The van der Waals surface area contributed by atoms with Crippen LogP contribution in [0.1, 0.15) is 36.2 Å². The number of hydrogen-bond acceptors (Lipinski definition) is 5. The smallest absolute Gasteiger partial charge is 0.377 e. The average molecular weight is 412 g/mol. The number of carbonyl (C=O) groups is 1. The predicted molar refractivity (Wildman–Crippen MR) is 85.3 cm³/mol. The molecule has 3 rings (SSSR count). The molecule has 3 heterocycles. The zero-order valence-electron chi connectivity index (χ0n) is 14.5. The molecular weight excluding hydrogens is 395 g/mol. The normalized spacial score (nSPS) is 18.9. The van der Waals surface area contributed by atoms with E-state index in [0.717, 1.165) is 23.2 Å². The molecule has 0 saturated carbocycles. The van der Waals surface area contributed by atoms with Crippen LogP contribution in [0.15, 0.2) is 0 Å². The third-order valence-corrected chi connectivity index (χ3v) is 5.02. The lowest BCUT2D eigenvalue weighted by Gasteiger charge is -2.18. The van der Waals surface area contributed by atoms with Crippen molar-refractivity contribution in [2.75, 3.05) is 13.7 Å². The van der Waals surface area contributed by atoms with Gasteiger partial charge in [0.25, 0.3) is 0 Å². The lowest BCUT2D eigenvalue weighted by molar-refractivity contribution is -0.144. The zero-order chi connectivity index (χ0) is 20.0. The maximum atomic E-state index is 13.5. The van der Waals surface area contributed by atoms with Crippen LogP contribution in [0.3, 0.4) is 0 Å². The molecule has 1 unspecified atom stereocenters. The number of nitrogens with zero attached hydrogens (tertiary/aromatic N) is 4. The summed E-state index contributed by atoms with van der Waals surface area (Å²) < 4.78 is 72.5. The van der Waals surface area contributed by atoms with Gasteiger partial charge in [-0.15, -0.1) is 0 Å². The number of methoxy groups -OCH3 is 1. The second kappa shape index (κ2) is 6.97. The van der Waals surface area contributed by atoms with Crippen LogP contribution in [0.5, 0.6) is 0 Å². The first kappa shape index (κ1) is 19.9. The van der Waals surface area contributed by atoms with Crippen LogP contribution in [0.2, 0.25) is 0 Å². The fourth-order valence-electron chi connectivity index (χ4n) is 3.24. The van der Waals surface area contributed by atoms with E-state index >= 15 is 0 Å². The van der Waals surface area contributed by atoms with Crippen molar-refractivity contribution < 1.29 is 31.5 Å². The van der Waals surface area contributed by atoms with Gasteiger partial charge in [0.2, 0.25) is 16.8 Å². The minimum absolute atomic E-state index is 0.0207. The number of fused-ring (bicyclic) bond motifs is 1. The lowest BCUT2D eigenvalue weighted by atomic mass is 10.0. The van der Waals surface area contributed by atoms with Gasteiger partial charge in [0.1, 0.15) is 5.01 Å². The fourth-order valence-corrected chi connectivity index (χ4v) is 4.12. The number of rotatable bonds is 6. The molecule has 2 aromatic heterocycles. The minimum atomic E-state index is -4.73. The van der Waals surface area contributed by atoms with Crippen molar-refractivity contribution in [2.24, 2.45) is 5.92 Å². The van der Waals surface area contributed by atoms with Crippen LogP contribution < -0.4 is 0 Å². The number of carbonyl (C=O) groups excluding carboxylic acids is 1. The Morgan fingerprint density at radius 2 is 2.00 bits per heavy atom. The Morgan fingerprint density at radius 1 is 1.30 bits per heavy atom. The SMILES string of the molecule is COCc1nn2c(C(F)(F)F)c(CN3CC(CC(C)(F)F)CC3=O)nc2s1. The third-order valence-electron chi connectivity index (χ3n) is 4.14. The first-order chi connectivity index (χ1) is 12.5. The van der Waals surface area contributed by atoms with Crippen LogP contribution in [0, 0.1) is 5.92 Å². The number of amides is 1. The van der Waals surface area contributed by atoms with Crippen LogP contribution >= 0.6 is 11.3 Å². The van der Waals surface area contributed by atoms with Crippen molar-refractivity contribution >= 4 is 22.2 Å². The number of halogens is 5. The number of imidazole rings is 1. The van der Waals surface area contributed by atoms with E-state index in [-0.39, 0.29) is 30.2 Å². The van der Waals surface area contributed by atoms with E-state index in [1.165, 1.54) is 7.11 Å². The summed E-state index contributed by atoms with van der Waals surface area (Å²) in [6.45, 7) is 0.398. The van der Waals surface area contributed by atoms with E-state index < -0.39 is 42.6 Å². The topological polar surface area (TPSA) is 59.7 Å². The number of likely N-dealkylation sites (tertiary alicyclic amines) is 1. The second-order valence-electron chi connectivity index (χ2n) is 6.65. The molecule has 0 aromatic carbocycles. The molecule has 0 radical (unpaired) electrons. The molecule has 1 amide bonds. The Morgan fingerprint density at radius 3 is 2.59 bits per heavy atom. The van der Waals surface area contributed by atoms with Crippen molar-refractivity contribution in [3.8, 4) is 0 Å². The van der Waals surface area contributed by atoms with Gasteiger partial charge < -0.3 is 9.64 Å². The first-order valence-corrected chi connectivity index (χ1v) is 8.88. The highest BCUT2D eigenvalue weighted by Gasteiger charge is 2.42. The van der Waals surface area contributed by atoms with E-state index in [2.05, 4.69) is 10.1 Å². The second-order valence-corrected chi connectivity index (χ2v) is 7.69. The van der Waals surface area contributed by atoms with Crippen molar-refractivity contribution in [2.45, 2.75) is 45.0 Å². The van der Waals surface area contributed by atoms with Crippen LogP contribution in [0.4, 0.5) is 22.0 Å². The minimum Gasteiger partial charge on any atom is -0.377 e. The van der Waals surface area contributed by atoms with Gasteiger partial charge in [0, 0.05) is 26.5 Å². The zero-order valence-corrected chi connectivity index (χ0v) is 15.3. The standard InChI is InChI=1S/C15H17F5N4O2S/c1-14(16,17)4-8-3-11(25)23(5-8)6-9-12(15(18,19)20)24-13(21-9)27-10(22-24)7-26-2/h8H,3-7H2,1-2H3. The maximum absolute atomic E-state index is 13.5. The van der Waals surface area contributed by atoms with E-state index in [0.29, 0.717) is 9.52 Å². The molecule has 1 fully saturated rings. The molecule has 150 valence electrons. The summed E-state index contributed by atoms with van der Waals surface area (Å²) in [6.07, 6.45) is -5.32. The summed E-state index contributed by atoms with van der Waals surface area (Å²) in [5, 5.41) is 4.20. The van der Waals surface area contributed by atoms with Crippen LogP contribution in [0.25, 0.3) is 4.96 Å². The summed E-state index contributed by atoms with van der Waals surface area (Å²) in [7, 11) is 1.40. The molecule has 0 spiro atoms. The first-order valence-electron chi connectivity index (χ1n) is 8.07. The molecule has 1 saturated heterocycles. The molecule has 0 bridgehead atoms. The average Bonchev–Trinajstić information content (AvgIpc) is 3.09. The van der Waals surface area contributed by atoms with Crippen LogP contribution in [-0.2, 0) is 28.9 Å². The Hall–Kier alpha value is -1.82. The van der Waals surface area contributed by atoms with E-state index in [1.807, 2.05) is 0 Å². The lowest BCUT2D eigenvalue weighted by Crippen LogP contribution is -2.27. The quantitative estimate of drug-likeness (QED) is 0.683. The van der Waals surface area contributed by atoms with Gasteiger partial charge in [0.05, 0.1) is 18.8 Å². The van der Waals surface area contributed by atoms with Gasteiger partial charge in [-0.1, -0.05) is 11.3 Å². The van der Waals surface area contributed by atoms with E-state index in [1.54, 1.807) is 0 Å². The Labute approximate surface area is 154 Å². The molecule has 1 atom stereocenters. The summed E-state index contributed by atoms with van der Waals surface area (Å²) >= 11 is 0.953. The van der Waals surface area contributed by atoms with Crippen LogP contribution in [-0.4, -0.2) is 45.0 Å².